The highest BCUT2D eigenvalue weighted by atomic mass is 16.4. The van der Waals surface area contributed by atoms with E-state index in [0.29, 0.717) is 23.4 Å². The van der Waals surface area contributed by atoms with Gasteiger partial charge in [0, 0.05) is 12.2 Å². The second-order valence-corrected chi connectivity index (χ2v) is 6.06. The first-order valence-corrected chi connectivity index (χ1v) is 7.16. The lowest BCUT2D eigenvalue weighted by Crippen LogP contribution is -2.40. The summed E-state index contributed by atoms with van der Waals surface area (Å²) in [6, 6.07) is 1.96. The maximum atomic E-state index is 10.9. The molecule has 1 aliphatic rings. The zero-order valence-electron chi connectivity index (χ0n) is 12.0. The number of nitrogens with zero attached hydrogens (tertiary/aromatic N) is 1. The Morgan fingerprint density at radius 1 is 1.45 bits per heavy atom. The van der Waals surface area contributed by atoms with Crippen LogP contribution in [0.1, 0.15) is 44.6 Å². The summed E-state index contributed by atoms with van der Waals surface area (Å²) in [5, 5.41) is 11.6. The third kappa shape index (κ3) is 3.40. The van der Waals surface area contributed by atoms with Crippen molar-refractivity contribution in [1.29, 1.82) is 0 Å². The first kappa shape index (κ1) is 14.6. The van der Waals surface area contributed by atoms with Crippen LogP contribution in [-0.2, 0) is 0 Å². The number of carbonyl (C=O) groups is 1. The lowest BCUT2D eigenvalue weighted by molar-refractivity contribution is 0.169. The molecule has 1 aliphatic carbocycles. The topological polar surface area (TPSA) is 88.2 Å². The average molecular weight is 277 g/mol. The van der Waals surface area contributed by atoms with E-state index in [-0.39, 0.29) is 6.04 Å². The molecule has 0 bridgehead atoms. The van der Waals surface area contributed by atoms with Crippen LogP contribution in [-0.4, -0.2) is 22.2 Å². The molecule has 5 heteroatoms. The number of amides is 1. The molecule has 2 rings (SSSR count). The molecule has 5 nitrogen and oxygen atoms in total. The van der Waals surface area contributed by atoms with E-state index < -0.39 is 6.09 Å². The number of pyridine rings is 1. The molecule has 1 heterocycles. The lowest BCUT2D eigenvalue weighted by Gasteiger charge is -2.37. The summed E-state index contributed by atoms with van der Waals surface area (Å²) in [6.45, 7) is 4.39. The summed E-state index contributed by atoms with van der Waals surface area (Å²) >= 11 is 0. The zero-order valence-corrected chi connectivity index (χ0v) is 12.0. The number of rotatable bonds is 3. The van der Waals surface area contributed by atoms with E-state index in [1.807, 2.05) is 6.07 Å². The molecule has 1 fully saturated rings. The van der Waals surface area contributed by atoms with Crippen molar-refractivity contribution in [1.82, 2.24) is 10.3 Å². The molecule has 1 aromatic heterocycles. The highest BCUT2D eigenvalue weighted by molar-refractivity contribution is 5.64. The SMILES string of the molecule is CC(C)[C@H]1C[C@H](NC(=O)O)C[C@@H](c2ccncc2N)C1. The number of nitrogen functional groups attached to an aromatic ring is 1. The van der Waals surface area contributed by atoms with Crippen LogP contribution in [0.25, 0.3) is 0 Å². The van der Waals surface area contributed by atoms with Gasteiger partial charge < -0.3 is 16.2 Å². The minimum atomic E-state index is -0.944. The van der Waals surface area contributed by atoms with Crippen LogP contribution in [0.3, 0.4) is 0 Å². The number of anilines is 1. The fourth-order valence-electron chi connectivity index (χ4n) is 3.24. The third-order valence-electron chi connectivity index (χ3n) is 4.34. The van der Waals surface area contributed by atoms with Crippen LogP contribution >= 0.6 is 0 Å². The Morgan fingerprint density at radius 3 is 2.80 bits per heavy atom. The van der Waals surface area contributed by atoms with Crippen molar-refractivity contribution >= 4 is 11.8 Å². The van der Waals surface area contributed by atoms with E-state index in [1.165, 1.54) is 0 Å². The Hall–Kier alpha value is -1.78. The fourth-order valence-corrected chi connectivity index (χ4v) is 3.24. The van der Waals surface area contributed by atoms with Gasteiger partial charge in [-0.3, -0.25) is 4.98 Å². The van der Waals surface area contributed by atoms with Gasteiger partial charge >= 0.3 is 6.09 Å². The zero-order chi connectivity index (χ0) is 14.7. The monoisotopic (exact) mass is 277 g/mol. The molecule has 0 aromatic carbocycles. The molecule has 1 amide bonds. The van der Waals surface area contributed by atoms with E-state index in [0.717, 1.165) is 24.8 Å². The Balaban J connectivity index is 2.19. The molecule has 0 unspecified atom stereocenters. The molecule has 110 valence electrons. The predicted molar refractivity (Wildman–Crippen MR) is 78.5 cm³/mol. The molecule has 4 N–H and O–H groups in total. The largest absolute Gasteiger partial charge is 0.465 e. The van der Waals surface area contributed by atoms with Crippen molar-refractivity contribution < 1.29 is 9.90 Å². The number of aromatic nitrogens is 1. The molecule has 20 heavy (non-hydrogen) atoms. The van der Waals surface area contributed by atoms with Crippen LogP contribution in [0.15, 0.2) is 18.5 Å². The van der Waals surface area contributed by atoms with Crippen molar-refractivity contribution in [3.8, 4) is 0 Å². The number of hydrogen-bond acceptors (Lipinski definition) is 3. The van der Waals surface area contributed by atoms with Gasteiger partial charge in [-0.05, 0) is 48.6 Å². The van der Waals surface area contributed by atoms with E-state index in [2.05, 4.69) is 24.1 Å². The van der Waals surface area contributed by atoms with Crippen molar-refractivity contribution in [2.24, 2.45) is 11.8 Å². The van der Waals surface area contributed by atoms with Crippen LogP contribution in [0.4, 0.5) is 10.5 Å². The van der Waals surface area contributed by atoms with E-state index in [4.69, 9.17) is 10.8 Å². The van der Waals surface area contributed by atoms with Gasteiger partial charge in [-0.25, -0.2) is 4.79 Å². The van der Waals surface area contributed by atoms with Gasteiger partial charge in [0.15, 0.2) is 0 Å². The first-order valence-electron chi connectivity index (χ1n) is 7.16. The predicted octanol–water partition coefficient (Wildman–Crippen LogP) is 2.84. The molecular weight excluding hydrogens is 254 g/mol. The van der Waals surface area contributed by atoms with Gasteiger partial charge in [-0.2, -0.15) is 0 Å². The Labute approximate surface area is 119 Å². The van der Waals surface area contributed by atoms with E-state index in [9.17, 15) is 4.79 Å². The smallest absolute Gasteiger partial charge is 0.404 e. The van der Waals surface area contributed by atoms with Crippen molar-refractivity contribution in [2.45, 2.75) is 45.1 Å². The average Bonchev–Trinajstić information content (AvgIpc) is 2.38. The number of hydrogen-bond donors (Lipinski definition) is 3. The standard InChI is InChI=1S/C15H23N3O2/c1-9(2)10-5-11(7-12(6-10)18-15(19)20)13-3-4-17-8-14(13)16/h3-4,8-12,18H,5-7,16H2,1-2H3,(H,19,20)/t10-,11+,12+/m1/s1. The van der Waals surface area contributed by atoms with Gasteiger partial charge in [-0.1, -0.05) is 13.8 Å². The van der Waals surface area contributed by atoms with Gasteiger partial charge in [-0.15, -0.1) is 0 Å². The summed E-state index contributed by atoms with van der Waals surface area (Å²) in [5.41, 5.74) is 7.82. The minimum absolute atomic E-state index is 0.00575. The van der Waals surface area contributed by atoms with Crippen LogP contribution in [0.5, 0.6) is 0 Å². The van der Waals surface area contributed by atoms with Crippen molar-refractivity contribution in [3.63, 3.8) is 0 Å². The van der Waals surface area contributed by atoms with Crippen LogP contribution in [0, 0.1) is 11.8 Å². The lowest BCUT2D eigenvalue weighted by atomic mass is 9.71. The number of nitrogens with one attached hydrogen (secondary N) is 1. The summed E-state index contributed by atoms with van der Waals surface area (Å²) in [5.74, 6) is 1.35. The van der Waals surface area contributed by atoms with Gasteiger partial charge in [0.1, 0.15) is 0 Å². The van der Waals surface area contributed by atoms with Crippen LogP contribution in [0.2, 0.25) is 0 Å². The molecule has 0 saturated heterocycles. The summed E-state index contributed by atoms with van der Waals surface area (Å²) < 4.78 is 0. The molecule has 0 aliphatic heterocycles. The fraction of sp³-hybridized carbons (Fsp3) is 0.600. The Kier molecular flexibility index (Phi) is 4.47. The highest BCUT2D eigenvalue weighted by Gasteiger charge is 2.32. The molecule has 3 atom stereocenters. The second-order valence-electron chi connectivity index (χ2n) is 6.06. The summed E-state index contributed by atoms with van der Waals surface area (Å²) in [7, 11) is 0. The summed E-state index contributed by atoms with van der Waals surface area (Å²) in [4.78, 5) is 14.9. The van der Waals surface area contributed by atoms with E-state index >= 15 is 0 Å². The number of nitrogens with two attached hydrogens (primary N) is 1. The Morgan fingerprint density at radius 2 is 2.20 bits per heavy atom. The number of carboxylic acid groups (broad SMARTS) is 1. The maximum Gasteiger partial charge on any atom is 0.404 e. The van der Waals surface area contributed by atoms with Gasteiger partial charge in [0.2, 0.25) is 0 Å². The third-order valence-corrected chi connectivity index (χ3v) is 4.34. The minimum Gasteiger partial charge on any atom is -0.465 e. The maximum absolute atomic E-state index is 10.9. The van der Waals surface area contributed by atoms with Crippen molar-refractivity contribution in [2.75, 3.05) is 5.73 Å². The van der Waals surface area contributed by atoms with Gasteiger partial charge in [0.25, 0.3) is 0 Å². The molecular formula is C15H23N3O2. The molecule has 1 aromatic rings. The molecule has 0 spiro atoms. The quantitative estimate of drug-likeness (QED) is 0.792. The molecule has 0 radical (unpaired) electrons. The normalized spacial score (nSPS) is 26.4. The highest BCUT2D eigenvalue weighted by Crippen LogP contribution is 2.40. The second kappa shape index (κ2) is 6.11. The summed E-state index contributed by atoms with van der Waals surface area (Å²) in [6.07, 6.45) is 5.26. The van der Waals surface area contributed by atoms with Crippen LogP contribution < -0.4 is 11.1 Å². The first-order chi connectivity index (χ1) is 9.47. The molecule has 1 saturated carbocycles. The van der Waals surface area contributed by atoms with E-state index in [1.54, 1.807) is 12.4 Å². The Bertz CT molecular complexity index is 476. The van der Waals surface area contributed by atoms with Gasteiger partial charge in [0.05, 0.1) is 11.9 Å². The van der Waals surface area contributed by atoms with Crippen molar-refractivity contribution in [3.05, 3.63) is 24.0 Å².